The molecule has 0 saturated heterocycles. The van der Waals surface area contributed by atoms with Crippen molar-refractivity contribution in [2.24, 2.45) is 0 Å². The Morgan fingerprint density at radius 1 is 1.15 bits per heavy atom. The van der Waals surface area contributed by atoms with E-state index in [1.54, 1.807) is 11.6 Å². The van der Waals surface area contributed by atoms with Crippen LogP contribution in [0, 0.1) is 0 Å². The van der Waals surface area contributed by atoms with Gasteiger partial charge in [-0.3, -0.25) is 0 Å². The van der Waals surface area contributed by atoms with Gasteiger partial charge in [-0.2, -0.15) is 0 Å². The molecular weight excluding hydrogens is 186 g/mol. The molecule has 4 heteroatoms. The van der Waals surface area contributed by atoms with Crippen molar-refractivity contribution in [1.82, 2.24) is 4.98 Å². The van der Waals surface area contributed by atoms with E-state index < -0.39 is 0 Å². The Hall–Kier alpha value is -1.55. The number of hydrogen-bond donors (Lipinski definition) is 2. The largest absolute Gasteiger partial charge is 0.504 e. The van der Waals surface area contributed by atoms with E-state index in [1.807, 2.05) is 5.38 Å². The predicted molar refractivity (Wildman–Crippen MR) is 50.9 cm³/mol. The van der Waals surface area contributed by atoms with Gasteiger partial charge in [-0.05, 0) is 18.2 Å². The Morgan fingerprint density at radius 2 is 2.00 bits per heavy atom. The summed E-state index contributed by atoms with van der Waals surface area (Å²) in [5.74, 6) is -0.232. The highest BCUT2D eigenvalue weighted by Gasteiger charge is 2.03. The highest BCUT2D eigenvalue weighted by atomic mass is 32.1. The van der Waals surface area contributed by atoms with E-state index in [0.29, 0.717) is 0 Å². The van der Waals surface area contributed by atoms with Crippen LogP contribution in [0.15, 0.2) is 29.1 Å². The van der Waals surface area contributed by atoms with Crippen molar-refractivity contribution < 1.29 is 10.2 Å². The second-order valence-electron chi connectivity index (χ2n) is 2.58. The Morgan fingerprint density at radius 3 is 2.62 bits per heavy atom. The summed E-state index contributed by atoms with van der Waals surface area (Å²) in [6, 6.07) is 4.65. The summed E-state index contributed by atoms with van der Waals surface area (Å²) in [4.78, 5) is 4.08. The van der Waals surface area contributed by atoms with E-state index in [2.05, 4.69) is 4.98 Å². The fraction of sp³-hybridized carbons (Fsp3) is 0. The smallest absolute Gasteiger partial charge is 0.158 e. The molecule has 13 heavy (non-hydrogen) atoms. The summed E-state index contributed by atoms with van der Waals surface area (Å²) in [5.41, 5.74) is 3.33. The van der Waals surface area contributed by atoms with Crippen molar-refractivity contribution in [2.45, 2.75) is 0 Å². The first-order chi connectivity index (χ1) is 6.27. The van der Waals surface area contributed by atoms with Gasteiger partial charge in [0.25, 0.3) is 0 Å². The lowest BCUT2D eigenvalue weighted by atomic mass is 10.1. The molecule has 0 atom stereocenters. The van der Waals surface area contributed by atoms with Crippen LogP contribution in [-0.4, -0.2) is 15.2 Å². The van der Waals surface area contributed by atoms with E-state index in [-0.39, 0.29) is 11.5 Å². The number of thiazole rings is 1. The molecule has 0 unspecified atom stereocenters. The Kier molecular flexibility index (Phi) is 1.90. The van der Waals surface area contributed by atoms with Crippen molar-refractivity contribution >= 4 is 11.3 Å². The number of phenols is 2. The summed E-state index contributed by atoms with van der Waals surface area (Å²) >= 11 is 1.49. The highest BCUT2D eigenvalue weighted by Crippen LogP contribution is 2.29. The summed E-state index contributed by atoms with van der Waals surface area (Å²) in [6.07, 6.45) is 0. The minimum atomic E-state index is -0.120. The van der Waals surface area contributed by atoms with Gasteiger partial charge in [-0.1, -0.05) is 0 Å². The van der Waals surface area contributed by atoms with E-state index in [4.69, 9.17) is 5.11 Å². The Labute approximate surface area is 78.9 Å². The lowest BCUT2D eigenvalue weighted by Gasteiger charge is -1.99. The summed E-state index contributed by atoms with van der Waals surface area (Å²) in [7, 11) is 0. The molecule has 0 radical (unpaired) electrons. The van der Waals surface area contributed by atoms with Crippen molar-refractivity contribution in [3.8, 4) is 22.8 Å². The normalized spacial score (nSPS) is 10.2. The van der Waals surface area contributed by atoms with Crippen LogP contribution in [0.4, 0.5) is 0 Å². The van der Waals surface area contributed by atoms with Gasteiger partial charge >= 0.3 is 0 Å². The van der Waals surface area contributed by atoms with Gasteiger partial charge in [0.05, 0.1) is 11.2 Å². The number of benzene rings is 1. The van der Waals surface area contributed by atoms with Crippen LogP contribution in [0.25, 0.3) is 11.3 Å². The molecule has 2 aromatic rings. The molecule has 1 aromatic carbocycles. The molecule has 66 valence electrons. The van der Waals surface area contributed by atoms with Crippen LogP contribution in [0.3, 0.4) is 0 Å². The van der Waals surface area contributed by atoms with Gasteiger partial charge in [0.2, 0.25) is 0 Å². The molecule has 0 fully saturated rings. The Balaban J connectivity index is 2.49. The van der Waals surface area contributed by atoms with Crippen molar-refractivity contribution in [3.63, 3.8) is 0 Å². The lowest BCUT2D eigenvalue weighted by Crippen LogP contribution is -1.76. The topological polar surface area (TPSA) is 53.4 Å². The monoisotopic (exact) mass is 193 g/mol. The van der Waals surface area contributed by atoms with Gasteiger partial charge in [-0.25, -0.2) is 4.98 Å². The van der Waals surface area contributed by atoms with Crippen LogP contribution in [-0.2, 0) is 0 Å². The average Bonchev–Trinajstić information content (AvgIpc) is 2.62. The second-order valence-corrected chi connectivity index (χ2v) is 3.30. The second kappa shape index (κ2) is 3.06. The quantitative estimate of drug-likeness (QED) is 0.683. The number of nitrogens with zero attached hydrogens (tertiary/aromatic N) is 1. The molecular formula is C9H7NO2S. The van der Waals surface area contributed by atoms with Crippen LogP contribution < -0.4 is 0 Å². The molecule has 2 rings (SSSR count). The first-order valence-corrected chi connectivity index (χ1v) is 4.62. The van der Waals surface area contributed by atoms with Crippen molar-refractivity contribution in [1.29, 1.82) is 0 Å². The summed E-state index contributed by atoms with van der Waals surface area (Å²) < 4.78 is 0. The third-order valence-corrected chi connectivity index (χ3v) is 2.29. The van der Waals surface area contributed by atoms with Crippen molar-refractivity contribution in [2.75, 3.05) is 0 Å². The van der Waals surface area contributed by atoms with Crippen LogP contribution >= 0.6 is 11.3 Å². The standard InChI is InChI=1S/C9H7NO2S/c11-8-2-1-6(3-9(8)12)7-4-13-5-10-7/h1-5,11-12H. The highest BCUT2D eigenvalue weighted by molar-refractivity contribution is 7.07. The summed E-state index contributed by atoms with van der Waals surface area (Å²) in [5, 5.41) is 20.2. The van der Waals surface area contributed by atoms with E-state index in [1.165, 1.54) is 23.5 Å². The first-order valence-electron chi connectivity index (χ1n) is 3.68. The SMILES string of the molecule is Oc1ccc(-c2cscn2)cc1O. The zero-order chi connectivity index (χ0) is 9.26. The third kappa shape index (κ3) is 1.48. The number of hydrogen-bond acceptors (Lipinski definition) is 4. The number of aromatic hydroxyl groups is 2. The Bertz CT molecular complexity index is 412. The van der Waals surface area contributed by atoms with Gasteiger partial charge in [0.1, 0.15) is 0 Å². The molecule has 0 amide bonds. The molecule has 1 aromatic heterocycles. The van der Waals surface area contributed by atoms with Crippen molar-refractivity contribution in [3.05, 3.63) is 29.1 Å². The molecule has 0 bridgehead atoms. The maximum Gasteiger partial charge on any atom is 0.158 e. The number of rotatable bonds is 1. The predicted octanol–water partition coefficient (Wildman–Crippen LogP) is 2.22. The molecule has 3 nitrogen and oxygen atoms in total. The van der Waals surface area contributed by atoms with Crippen LogP contribution in [0.2, 0.25) is 0 Å². The van der Waals surface area contributed by atoms with E-state index in [0.717, 1.165) is 11.3 Å². The molecule has 1 heterocycles. The minimum Gasteiger partial charge on any atom is -0.504 e. The third-order valence-electron chi connectivity index (χ3n) is 1.70. The maximum atomic E-state index is 9.22. The molecule has 0 saturated carbocycles. The maximum absolute atomic E-state index is 9.22. The number of phenolic OH excluding ortho intramolecular Hbond substituents is 2. The first kappa shape index (κ1) is 8.07. The minimum absolute atomic E-state index is 0.112. The van der Waals surface area contributed by atoms with Gasteiger partial charge in [0.15, 0.2) is 11.5 Å². The molecule has 0 aliphatic heterocycles. The van der Waals surface area contributed by atoms with Gasteiger partial charge in [-0.15, -0.1) is 11.3 Å². The van der Waals surface area contributed by atoms with Gasteiger partial charge < -0.3 is 10.2 Å². The fourth-order valence-corrected chi connectivity index (χ4v) is 1.60. The molecule has 0 aliphatic rings. The molecule has 0 spiro atoms. The average molecular weight is 193 g/mol. The van der Waals surface area contributed by atoms with Crippen LogP contribution in [0.1, 0.15) is 0 Å². The van der Waals surface area contributed by atoms with E-state index in [9.17, 15) is 5.11 Å². The molecule has 0 aliphatic carbocycles. The number of aromatic nitrogens is 1. The zero-order valence-electron chi connectivity index (χ0n) is 6.64. The zero-order valence-corrected chi connectivity index (χ0v) is 7.45. The van der Waals surface area contributed by atoms with Gasteiger partial charge in [0, 0.05) is 10.9 Å². The van der Waals surface area contributed by atoms with Crippen LogP contribution in [0.5, 0.6) is 11.5 Å². The van der Waals surface area contributed by atoms with E-state index >= 15 is 0 Å². The molecule has 2 N–H and O–H groups in total. The summed E-state index contributed by atoms with van der Waals surface area (Å²) in [6.45, 7) is 0. The fourth-order valence-electron chi connectivity index (χ4n) is 1.04. The lowest BCUT2D eigenvalue weighted by molar-refractivity contribution is 0.404.